The molecule has 108 valence electrons. The Morgan fingerprint density at radius 3 is 2.71 bits per heavy atom. The first-order valence-electron chi connectivity index (χ1n) is 7.17. The van der Waals surface area contributed by atoms with Gasteiger partial charge < -0.3 is 10.1 Å². The van der Waals surface area contributed by atoms with Crippen LogP contribution < -0.4 is 10.1 Å². The summed E-state index contributed by atoms with van der Waals surface area (Å²) in [4.78, 5) is 12.8. The minimum Gasteiger partial charge on any atom is -0.496 e. The van der Waals surface area contributed by atoms with Gasteiger partial charge in [0.15, 0.2) is 5.78 Å². The van der Waals surface area contributed by atoms with Gasteiger partial charge in [0, 0.05) is 23.4 Å². The first kappa shape index (κ1) is 13.7. The van der Waals surface area contributed by atoms with Gasteiger partial charge in [0.2, 0.25) is 0 Å². The molecule has 0 atom stereocenters. The van der Waals surface area contributed by atoms with Gasteiger partial charge in [-0.15, -0.1) is 0 Å². The standard InChI is InChI=1S/C18H19NO2/c1-11-9-17(21-3)12(2)8-15(11)18(20)14-4-5-16-13(10-14)6-7-19-16/h4-5,8-10,19H,6-7H2,1-3H3. The van der Waals surface area contributed by atoms with Crippen molar-refractivity contribution < 1.29 is 9.53 Å². The lowest BCUT2D eigenvalue weighted by Crippen LogP contribution is -2.05. The Balaban J connectivity index is 2.01. The molecule has 1 aliphatic rings. The van der Waals surface area contributed by atoms with Gasteiger partial charge in [0.1, 0.15) is 5.75 Å². The number of methoxy groups -OCH3 is 1. The minimum absolute atomic E-state index is 0.0768. The minimum atomic E-state index is 0.0768. The molecule has 2 aromatic rings. The van der Waals surface area contributed by atoms with E-state index in [9.17, 15) is 4.79 Å². The Kier molecular flexibility index (Phi) is 3.42. The van der Waals surface area contributed by atoms with E-state index in [4.69, 9.17) is 4.74 Å². The number of aryl methyl sites for hydroxylation is 2. The van der Waals surface area contributed by atoms with E-state index in [1.807, 2.05) is 44.2 Å². The second-order valence-corrected chi connectivity index (χ2v) is 5.51. The molecule has 1 aliphatic heterocycles. The number of ether oxygens (including phenoxy) is 1. The van der Waals surface area contributed by atoms with Crippen molar-refractivity contribution in [2.45, 2.75) is 20.3 Å². The molecule has 3 rings (SSSR count). The maximum Gasteiger partial charge on any atom is 0.193 e. The van der Waals surface area contributed by atoms with Crippen molar-refractivity contribution in [2.75, 3.05) is 19.0 Å². The number of anilines is 1. The molecule has 0 radical (unpaired) electrons. The lowest BCUT2D eigenvalue weighted by Gasteiger charge is -2.11. The highest BCUT2D eigenvalue weighted by molar-refractivity contribution is 6.10. The van der Waals surface area contributed by atoms with Gasteiger partial charge in [-0.3, -0.25) is 4.79 Å². The third-order valence-corrected chi connectivity index (χ3v) is 4.06. The number of benzene rings is 2. The molecular weight excluding hydrogens is 262 g/mol. The van der Waals surface area contributed by atoms with Crippen LogP contribution in [0.15, 0.2) is 30.3 Å². The maximum absolute atomic E-state index is 12.8. The molecule has 3 heteroatoms. The van der Waals surface area contributed by atoms with Gasteiger partial charge in [-0.1, -0.05) is 0 Å². The fourth-order valence-corrected chi connectivity index (χ4v) is 2.86. The van der Waals surface area contributed by atoms with E-state index in [1.165, 1.54) is 5.56 Å². The van der Waals surface area contributed by atoms with Gasteiger partial charge in [-0.25, -0.2) is 0 Å². The second kappa shape index (κ2) is 5.24. The Morgan fingerprint density at radius 1 is 1.14 bits per heavy atom. The van der Waals surface area contributed by atoms with Crippen molar-refractivity contribution in [1.29, 1.82) is 0 Å². The zero-order chi connectivity index (χ0) is 15.0. The summed E-state index contributed by atoms with van der Waals surface area (Å²) in [7, 11) is 1.65. The molecule has 0 saturated carbocycles. The molecule has 21 heavy (non-hydrogen) atoms. The normalized spacial score (nSPS) is 12.7. The lowest BCUT2D eigenvalue weighted by atomic mass is 9.95. The number of hydrogen-bond acceptors (Lipinski definition) is 3. The van der Waals surface area contributed by atoms with Crippen molar-refractivity contribution in [3.8, 4) is 5.75 Å². The molecule has 0 saturated heterocycles. The van der Waals surface area contributed by atoms with E-state index in [2.05, 4.69) is 5.32 Å². The molecule has 1 N–H and O–H groups in total. The van der Waals surface area contributed by atoms with Crippen molar-refractivity contribution in [3.63, 3.8) is 0 Å². The summed E-state index contributed by atoms with van der Waals surface area (Å²) in [5.41, 5.74) is 5.80. The SMILES string of the molecule is COc1cc(C)c(C(=O)c2ccc3c(c2)CCN3)cc1C. The number of carbonyl (C=O) groups is 1. The van der Waals surface area contributed by atoms with Crippen LogP contribution in [0.4, 0.5) is 5.69 Å². The number of ketones is 1. The Labute approximate surface area is 124 Å². The molecule has 2 aromatic carbocycles. The molecule has 0 spiro atoms. The summed E-state index contributed by atoms with van der Waals surface area (Å²) < 4.78 is 5.31. The monoisotopic (exact) mass is 281 g/mol. The quantitative estimate of drug-likeness (QED) is 0.875. The van der Waals surface area contributed by atoms with Crippen LogP contribution in [0.1, 0.15) is 32.6 Å². The van der Waals surface area contributed by atoms with Crippen LogP contribution in [0.3, 0.4) is 0 Å². The molecule has 0 fully saturated rings. The molecule has 0 amide bonds. The van der Waals surface area contributed by atoms with Crippen LogP contribution in [-0.4, -0.2) is 19.4 Å². The zero-order valence-corrected chi connectivity index (χ0v) is 12.6. The number of carbonyl (C=O) groups excluding carboxylic acids is 1. The van der Waals surface area contributed by atoms with Gasteiger partial charge in [-0.05, 0) is 67.3 Å². The van der Waals surface area contributed by atoms with Crippen LogP contribution in [0.25, 0.3) is 0 Å². The van der Waals surface area contributed by atoms with Gasteiger partial charge in [0.25, 0.3) is 0 Å². The van der Waals surface area contributed by atoms with E-state index < -0.39 is 0 Å². The summed E-state index contributed by atoms with van der Waals surface area (Å²) >= 11 is 0. The average molecular weight is 281 g/mol. The largest absolute Gasteiger partial charge is 0.496 e. The average Bonchev–Trinajstić information content (AvgIpc) is 2.95. The van der Waals surface area contributed by atoms with E-state index >= 15 is 0 Å². The topological polar surface area (TPSA) is 38.3 Å². The Morgan fingerprint density at radius 2 is 1.95 bits per heavy atom. The summed E-state index contributed by atoms with van der Waals surface area (Å²) in [5, 5.41) is 3.31. The molecule has 3 nitrogen and oxygen atoms in total. The smallest absolute Gasteiger partial charge is 0.193 e. The van der Waals surface area contributed by atoms with Crippen molar-refractivity contribution in [3.05, 3.63) is 58.1 Å². The summed E-state index contributed by atoms with van der Waals surface area (Å²) in [5.74, 6) is 0.898. The van der Waals surface area contributed by atoms with E-state index in [-0.39, 0.29) is 5.78 Å². The maximum atomic E-state index is 12.8. The molecule has 0 bridgehead atoms. The van der Waals surface area contributed by atoms with E-state index in [0.29, 0.717) is 0 Å². The molecule has 0 aliphatic carbocycles. The molecule has 0 unspecified atom stereocenters. The number of hydrogen-bond donors (Lipinski definition) is 1. The molecule has 1 heterocycles. The highest BCUT2D eigenvalue weighted by Crippen LogP contribution is 2.27. The van der Waals surface area contributed by atoms with Gasteiger partial charge >= 0.3 is 0 Å². The van der Waals surface area contributed by atoms with Crippen LogP contribution in [-0.2, 0) is 6.42 Å². The summed E-state index contributed by atoms with van der Waals surface area (Å²) in [6.45, 7) is 4.86. The third-order valence-electron chi connectivity index (χ3n) is 4.06. The summed E-state index contributed by atoms with van der Waals surface area (Å²) in [6.07, 6.45) is 0.983. The number of rotatable bonds is 3. The highest BCUT2D eigenvalue weighted by Gasteiger charge is 2.17. The summed E-state index contributed by atoms with van der Waals surface area (Å²) in [6, 6.07) is 9.76. The van der Waals surface area contributed by atoms with Crippen LogP contribution in [0.5, 0.6) is 5.75 Å². The predicted octanol–water partition coefficient (Wildman–Crippen LogP) is 3.51. The van der Waals surface area contributed by atoms with Crippen molar-refractivity contribution in [2.24, 2.45) is 0 Å². The highest BCUT2D eigenvalue weighted by atomic mass is 16.5. The lowest BCUT2D eigenvalue weighted by molar-refractivity contribution is 0.103. The van der Waals surface area contributed by atoms with Crippen LogP contribution in [0, 0.1) is 13.8 Å². The van der Waals surface area contributed by atoms with Crippen LogP contribution in [0.2, 0.25) is 0 Å². The fraction of sp³-hybridized carbons (Fsp3) is 0.278. The fourth-order valence-electron chi connectivity index (χ4n) is 2.86. The van der Waals surface area contributed by atoms with E-state index in [0.717, 1.165) is 46.7 Å². The first-order valence-corrected chi connectivity index (χ1v) is 7.17. The van der Waals surface area contributed by atoms with Crippen LogP contribution >= 0.6 is 0 Å². The number of fused-ring (bicyclic) bond motifs is 1. The van der Waals surface area contributed by atoms with Gasteiger partial charge in [-0.2, -0.15) is 0 Å². The third kappa shape index (κ3) is 2.40. The van der Waals surface area contributed by atoms with Crippen molar-refractivity contribution >= 4 is 11.5 Å². The first-order chi connectivity index (χ1) is 10.1. The second-order valence-electron chi connectivity index (χ2n) is 5.51. The Hall–Kier alpha value is -2.29. The molecule has 0 aromatic heterocycles. The molecular formula is C18H19NO2. The number of nitrogens with one attached hydrogen (secondary N) is 1. The van der Waals surface area contributed by atoms with Gasteiger partial charge in [0.05, 0.1) is 7.11 Å². The Bertz CT molecular complexity index is 719. The van der Waals surface area contributed by atoms with Crippen molar-refractivity contribution in [1.82, 2.24) is 0 Å². The predicted molar refractivity (Wildman–Crippen MR) is 84.5 cm³/mol. The van der Waals surface area contributed by atoms with E-state index in [1.54, 1.807) is 7.11 Å². The zero-order valence-electron chi connectivity index (χ0n) is 12.6.